The number of hydrogen-bond acceptors (Lipinski definition) is 7. The van der Waals surface area contributed by atoms with Gasteiger partial charge < -0.3 is 15.3 Å². The van der Waals surface area contributed by atoms with Crippen molar-refractivity contribution in [3.05, 3.63) is 41.3 Å². The molecule has 3 aromatic rings. The van der Waals surface area contributed by atoms with Crippen LogP contribution in [0.3, 0.4) is 0 Å². The molecule has 0 radical (unpaired) electrons. The number of hydrogen-bond donors (Lipinski definition) is 2. The molecule has 36 heavy (non-hydrogen) atoms. The van der Waals surface area contributed by atoms with E-state index in [0.29, 0.717) is 33.9 Å². The lowest BCUT2D eigenvalue weighted by Gasteiger charge is -2.31. The van der Waals surface area contributed by atoms with Crippen LogP contribution in [0.15, 0.2) is 35.4 Å². The highest BCUT2D eigenvalue weighted by Gasteiger charge is 2.25. The molecule has 0 atom stereocenters. The minimum absolute atomic E-state index is 0. The van der Waals surface area contributed by atoms with Crippen LogP contribution in [0.4, 0.5) is 10.1 Å². The average molecular weight is 580 g/mol. The number of fused-ring (bicyclic) bond motifs is 1. The van der Waals surface area contributed by atoms with Gasteiger partial charge in [-0.15, -0.1) is 24.8 Å². The summed E-state index contributed by atoms with van der Waals surface area (Å²) >= 11 is 5.95. The predicted molar refractivity (Wildman–Crippen MR) is 147 cm³/mol. The molecule has 1 aromatic carbocycles. The van der Waals surface area contributed by atoms with Crippen molar-refractivity contribution in [1.82, 2.24) is 14.9 Å². The van der Waals surface area contributed by atoms with E-state index in [1.807, 2.05) is 0 Å². The highest BCUT2D eigenvalue weighted by Crippen LogP contribution is 2.36. The van der Waals surface area contributed by atoms with Gasteiger partial charge in [0.25, 0.3) is 0 Å². The van der Waals surface area contributed by atoms with Gasteiger partial charge in [-0.2, -0.15) is 0 Å². The third-order valence-corrected chi connectivity index (χ3v) is 7.61. The van der Waals surface area contributed by atoms with Gasteiger partial charge in [-0.1, -0.05) is 11.6 Å². The van der Waals surface area contributed by atoms with E-state index in [4.69, 9.17) is 11.6 Å². The molecule has 12 heteroatoms. The molecule has 2 aromatic heterocycles. The molecule has 0 saturated heterocycles. The van der Waals surface area contributed by atoms with E-state index in [0.717, 1.165) is 44.6 Å². The van der Waals surface area contributed by atoms with E-state index in [-0.39, 0.29) is 40.8 Å². The summed E-state index contributed by atoms with van der Waals surface area (Å²) in [5.74, 6) is -0.866. The average Bonchev–Trinajstić information content (AvgIpc) is 2.77. The van der Waals surface area contributed by atoms with Crippen LogP contribution in [-0.4, -0.2) is 61.3 Å². The Hall–Kier alpha value is -1.91. The van der Waals surface area contributed by atoms with Crippen molar-refractivity contribution in [1.29, 1.82) is 0 Å². The van der Waals surface area contributed by atoms with Gasteiger partial charge in [0.05, 0.1) is 21.9 Å². The summed E-state index contributed by atoms with van der Waals surface area (Å²) in [5, 5.41) is 13.0. The summed E-state index contributed by atoms with van der Waals surface area (Å²) in [6.45, 7) is 1.04. The number of phenolic OH excluding ortho intramolecular Hbond substituents is 1. The zero-order valence-electron chi connectivity index (χ0n) is 20.2. The zero-order valence-corrected chi connectivity index (χ0v) is 23.4. The van der Waals surface area contributed by atoms with E-state index < -0.39 is 21.4 Å². The normalized spacial score (nSPS) is 17.9. The molecule has 1 aliphatic rings. The third-order valence-electron chi connectivity index (χ3n) is 6.21. The molecule has 198 valence electrons. The molecule has 0 spiro atoms. The Morgan fingerprint density at radius 2 is 1.83 bits per heavy atom. The first kappa shape index (κ1) is 30.3. The maximum Gasteiger partial charge on any atom is 0.179 e. The Morgan fingerprint density at radius 1 is 1.17 bits per heavy atom. The summed E-state index contributed by atoms with van der Waals surface area (Å²) in [7, 11) is 0.559. The molecular weight excluding hydrogens is 550 g/mol. The largest absolute Gasteiger partial charge is 0.504 e. The summed E-state index contributed by atoms with van der Waals surface area (Å²) in [6, 6.07) is 6.04. The number of nitrogens with zero attached hydrogens (tertiary/aromatic N) is 3. The molecule has 0 aliphatic heterocycles. The molecule has 0 unspecified atom stereocenters. The third kappa shape index (κ3) is 6.69. The minimum atomic E-state index is -3.58. The first-order chi connectivity index (χ1) is 16.0. The van der Waals surface area contributed by atoms with Crippen LogP contribution in [0, 0.1) is 11.7 Å². The SMILES string of the molecule is CN(C)CC1CCC(Nc2c(S(C)(=O)=O)cnc3ccc(-c4cc(F)c(O)c(Cl)c4)nc23)CC1.Cl.Cl. The molecule has 7 nitrogen and oxygen atoms in total. The van der Waals surface area contributed by atoms with Crippen molar-refractivity contribution < 1.29 is 17.9 Å². The first-order valence-electron chi connectivity index (χ1n) is 11.1. The highest BCUT2D eigenvalue weighted by atomic mass is 35.5. The van der Waals surface area contributed by atoms with Crippen LogP contribution in [0.1, 0.15) is 25.7 Å². The second kappa shape index (κ2) is 12.1. The van der Waals surface area contributed by atoms with E-state index >= 15 is 0 Å². The number of aromatic nitrogens is 2. The predicted octanol–water partition coefficient (Wildman–Crippen LogP) is 5.57. The Morgan fingerprint density at radius 3 is 2.42 bits per heavy atom. The second-order valence-electron chi connectivity index (χ2n) is 9.25. The number of rotatable bonds is 6. The lowest BCUT2D eigenvalue weighted by atomic mass is 9.85. The summed E-state index contributed by atoms with van der Waals surface area (Å²) in [4.78, 5) is 11.2. The molecule has 4 rings (SSSR count). The van der Waals surface area contributed by atoms with Gasteiger partial charge >= 0.3 is 0 Å². The maximum absolute atomic E-state index is 14.1. The molecule has 2 N–H and O–H groups in total. The van der Waals surface area contributed by atoms with Crippen LogP contribution in [0.25, 0.3) is 22.3 Å². The second-order valence-corrected chi connectivity index (χ2v) is 11.6. The lowest BCUT2D eigenvalue weighted by Crippen LogP contribution is -2.31. The van der Waals surface area contributed by atoms with Gasteiger partial charge in [0, 0.05) is 30.6 Å². The summed E-state index contributed by atoms with van der Waals surface area (Å²) < 4.78 is 39.3. The minimum Gasteiger partial charge on any atom is -0.504 e. The fraction of sp³-hybridized carbons (Fsp3) is 0.417. The van der Waals surface area contributed by atoms with Gasteiger partial charge in [-0.05, 0) is 70.0 Å². The number of aromatic hydroxyl groups is 1. The van der Waals surface area contributed by atoms with Crippen molar-refractivity contribution in [2.24, 2.45) is 5.92 Å². The van der Waals surface area contributed by atoms with Gasteiger partial charge in [0.15, 0.2) is 21.4 Å². The summed E-state index contributed by atoms with van der Waals surface area (Å²) in [5.41, 5.74) is 2.07. The van der Waals surface area contributed by atoms with Crippen molar-refractivity contribution in [2.75, 3.05) is 32.2 Å². The van der Waals surface area contributed by atoms with Crippen LogP contribution in [0.2, 0.25) is 5.02 Å². The van der Waals surface area contributed by atoms with Crippen molar-refractivity contribution in [3.63, 3.8) is 0 Å². The van der Waals surface area contributed by atoms with E-state index in [9.17, 15) is 17.9 Å². The monoisotopic (exact) mass is 578 g/mol. The Kier molecular flexibility index (Phi) is 10.2. The molecule has 0 bridgehead atoms. The first-order valence-corrected chi connectivity index (χ1v) is 13.4. The molecule has 1 aliphatic carbocycles. The number of benzene rings is 1. The molecule has 0 amide bonds. The van der Waals surface area contributed by atoms with Crippen LogP contribution < -0.4 is 5.32 Å². The Labute approximate surface area is 228 Å². The molecular formula is C24H30Cl3FN4O3S. The van der Waals surface area contributed by atoms with Crippen molar-refractivity contribution >= 4 is 63.0 Å². The molecule has 1 saturated carbocycles. The zero-order chi connectivity index (χ0) is 24.6. The van der Waals surface area contributed by atoms with Crippen LogP contribution >= 0.6 is 36.4 Å². The fourth-order valence-electron chi connectivity index (χ4n) is 4.55. The quantitative estimate of drug-likeness (QED) is 0.394. The number of nitrogens with one attached hydrogen (secondary N) is 1. The van der Waals surface area contributed by atoms with E-state index in [1.54, 1.807) is 12.1 Å². The number of pyridine rings is 2. The molecule has 1 fully saturated rings. The van der Waals surface area contributed by atoms with Crippen LogP contribution in [-0.2, 0) is 9.84 Å². The smallest absolute Gasteiger partial charge is 0.179 e. The Bertz CT molecular complexity index is 1310. The van der Waals surface area contributed by atoms with Gasteiger partial charge in [-0.3, -0.25) is 4.98 Å². The van der Waals surface area contributed by atoms with E-state index in [1.165, 1.54) is 12.3 Å². The van der Waals surface area contributed by atoms with Crippen molar-refractivity contribution in [2.45, 2.75) is 36.6 Å². The maximum atomic E-state index is 14.1. The van der Waals surface area contributed by atoms with Gasteiger partial charge in [0.2, 0.25) is 0 Å². The number of anilines is 1. The van der Waals surface area contributed by atoms with Crippen molar-refractivity contribution in [3.8, 4) is 17.0 Å². The standard InChI is InChI=1S/C24H28ClFN4O3S.2ClH/c1-30(2)13-14-4-6-16(7-5-14)28-23-21(34(3,32)33)12-27-20-9-8-19(29-22(20)23)15-10-17(25)24(31)18(26)11-15;;/h8-12,14,16,31H,4-7,13H2,1-3H3,(H,27,28);2*1H. The topological polar surface area (TPSA) is 95.4 Å². The van der Waals surface area contributed by atoms with Crippen LogP contribution in [0.5, 0.6) is 5.75 Å². The lowest BCUT2D eigenvalue weighted by molar-refractivity contribution is 0.255. The van der Waals surface area contributed by atoms with E-state index in [2.05, 4.69) is 34.3 Å². The fourth-order valence-corrected chi connectivity index (χ4v) is 5.53. The summed E-state index contributed by atoms with van der Waals surface area (Å²) in [6.07, 6.45) is 6.45. The van der Waals surface area contributed by atoms with Gasteiger partial charge in [0.1, 0.15) is 10.4 Å². The number of phenols is 1. The number of sulfone groups is 1. The van der Waals surface area contributed by atoms with Gasteiger partial charge in [-0.25, -0.2) is 17.8 Å². The Balaban J connectivity index is 0.00000228. The highest BCUT2D eigenvalue weighted by molar-refractivity contribution is 7.90. The number of halogens is 4. The molecule has 2 heterocycles.